The van der Waals surface area contributed by atoms with Crippen molar-refractivity contribution in [2.24, 2.45) is 11.3 Å². The summed E-state index contributed by atoms with van der Waals surface area (Å²) in [5, 5.41) is 13.9. The zero-order valence-electron chi connectivity index (χ0n) is 10.9. The molecule has 6 nitrogen and oxygen atoms in total. The summed E-state index contributed by atoms with van der Waals surface area (Å²) >= 11 is 0. The maximum atomic E-state index is 11.5. The van der Waals surface area contributed by atoms with Gasteiger partial charge in [-0.3, -0.25) is 9.59 Å². The van der Waals surface area contributed by atoms with E-state index in [2.05, 4.69) is 10.6 Å². The van der Waals surface area contributed by atoms with Gasteiger partial charge in [0.15, 0.2) is 0 Å². The van der Waals surface area contributed by atoms with Crippen LogP contribution in [-0.4, -0.2) is 35.5 Å². The van der Waals surface area contributed by atoms with E-state index in [1.54, 1.807) is 20.8 Å². The molecule has 0 aromatic heterocycles. The lowest BCUT2D eigenvalue weighted by Crippen LogP contribution is -2.48. The first-order valence-corrected chi connectivity index (χ1v) is 6.02. The highest BCUT2D eigenvalue weighted by atomic mass is 16.4. The third-order valence-corrected chi connectivity index (χ3v) is 2.77. The minimum atomic E-state index is -1.02. The normalized spacial score (nSPS) is 16.8. The Labute approximate surface area is 106 Å². The Morgan fingerprint density at radius 2 is 1.83 bits per heavy atom. The van der Waals surface area contributed by atoms with Crippen molar-refractivity contribution in [2.45, 2.75) is 39.7 Å². The number of amides is 2. The van der Waals surface area contributed by atoms with Crippen molar-refractivity contribution in [2.75, 3.05) is 6.54 Å². The summed E-state index contributed by atoms with van der Waals surface area (Å²) in [6.07, 6.45) is 1.65. The minimum Gasteiger partial charge on any atom is -0.480 e. The van der Waals surface area contributed by atoms with Gasteiger partial charge in [0.25, 0.3) is 0 Å². The molecule has 3 N–H and O–H groups in total. The molecule has 6 heteroatoms. The van der Waals surface area contributed by atoms with Crippen LogP contribution in [0.25, 0.3) is 0 Å². The van der Waals surface area contributed by atoms with Crippen molar-refractivity contribution in [3.05, 3.63) is 0 Å². The Hall–Kier alpha value is -1.59. The molecule has 1 aliphatic rings. The van der Waals surface area contributed by atoms with Gasteiger partial charge in [0.2, 0.25) is 11.8 Å². The first-order valence-electron chi connectivity index (χ1n) is 6.02. The van der Waals surface area contributed by atoms with Crippen LogP contribution in [0.1, 0.15) is 33.6 Å². The van der Waals surface area contributed by atoms with E-state index in [4.69, 9.17) is 5.11 Å². The van der Waals surface area contributed by atoms with Gasteiger partial charge in [-0.05, 0) is 18.8 Å². The Morgan fingerprint density at radius 1 is 1.28 bits per heavy atom. The zero-order chi connectivity index (χ0) is 13.9. The van der Waals surface area contributed by atoms with Crippen LogP contribution in [0.5, 0.6) is 0 Å². The third kappa shape index (κ3) is 4.35. The van der Waals surface area contributed by atoms with E-state index in [0.29, 0.717) is 0 Å². The second kappa shape index (κ2) is 5.37. The van der Waals surface area contributed by atoms with E-state index < -0.39 is 23.3 Å². The number of carbonyl (C=O) groups excluding carboxylic acids is 2. The standard InChI is InChI=1S/C12H20N2O4/c1-12(2,3)11(18)13-6-8(15)14-9(10(16)17)7-4-5-7/h7,9H,4-6H2,1-3H3,(H,13,18)(H,14,15)(H,16,17). The molecule has 1 aliphatic carbocycles. The van der Waals surface area contributed by atoms with Gasteiger partial charge in [-0.25, -0.2) is 4.79 Å². The number of carboxylic acid groups (broad SMARTS) is 1. The highest BCUT2D eigenvalue weighted by Crippen LogP contribution is 2.32. The maximum absolute atomic E-state index is 11.5. The van der Waals surface area contributed by atoms with Gasteiger partial charge in [-0.2, -0.15) is 0 Å². The van der Waals surface area contributed by atoms with Crippen molar-refractivity contribution >= 4 is 17.8 Å². The van der Waals surface area contributed by atoms with Crippen LogP contribution in [0.15, 0.2) is 0 Å². The lowest BCUT2D eigenvalue weighted by Gasteiger charge is -2.18. The quantitative estimate of drug-likeness (QED) is 0.651. The maximum Gasteiger partial charge on any atom is 0.326 e. The summed E-state index contributed by atoms with van der Waals surface area (Å²) in [5.41, 5.74) is -0.566. The van der Waals surface area contributed by atoms with Crippen LogP contribution in [0.4, 0.5) is 0 Å². The lowest BCUT2D eigenvalue weighted by molar-refractivity contribution is -0.142. The zero-order valence-corrected chi connectivity index (χ0v) is 10.9. The predicted molar refractivity (Wildman–Crippen MR) is 64.8 cm³/mol. The molecule has 0 radical (unpaired) electrons. The molecule has 0 bridgehead atoms. The van der Waals surface area contributed by atoms with Crippen LogP contribution < -0.4 is 10.6 Å². The molecule has 0 saturated heterocycles. The Bertz CT molecular complexity index is 356. The number of hydrogen-bond donors (Lipinski definition) is 3. The third-order valence-electron chi connectivity index (χ3n) is 2.77. The predicted octanol–water partition coefficient (Wildman–Crippen LogP) is 0.128. The van der Waals surface area contributed by atoms with Crippen LogP contribution in [0, 0.1) is 11.3 Å². The average Bonchev–Trinajstić information content (AvgIpc) is 3.04. The van der Waals surface area contributed by atoms with Crippen LogP contribution >= 0.6 is 0 Å². The highest BCUT2D eigenvalue weighted by molar-refractivity contribution is 5.89. The van der Waals surface area contributed by atoms with Crippen molar-refractivity contribution in [1.29, 1.82) is 0 Å². The minimum absolute atomic E-state index is 0.0322. The number of carboxylic acids is 1. The molecule has 0 aliphatic heterocycles. The summed E-state index contributed by atoms with van der Waals surface area (Å²) in [6, 6.07) is -0.830. The van der Waals surface area contributed by atoms with E-state index in [1.165, 1.54) is 0 Å². The van der Waals surface area contributed by atoms with Gasteiger partial charge in [0.1, 0.15) is 6.04 Å². The molecule has 0 heterocycles. The molecule has 18 heavy (non-hydrogen) atoms. The average molecular weight is 256 g/mol. The summed E-state index contributed by atoms with van der Waals surface area (Å²) in [5.74, 6) is -1.69. The van der Waals surface area contributed by atoms with Crippen molar-refractivity contribution in [1.82, 2.24) is 10.6 Å². The van der Waals surface area contributed by atoms with Gasteiger partial charge in [0, 0.05) is 5.41 Å². The molecule has 0 aromatic rings. The van der Waals surface area contributed by atoms with Gasteiger partial charge < -0.3 is 15.7 Å². The first kappa shape index (κ1) is 14.5. The molecule has 0 aromatic carbocycles. The molecule has 1 rings (SSSR count). The monoisotopic (exact) mass is 256 g/mol. The number of carbonyl (C=O) groups is 3. The first-order chi connectivity index (χ1) is 8.21. The molecule has 2 amide bonds. The number of hydrogen-bond acceptors (Lipinski definition) is 3. The summed E-state index contributed by atoms with van der Waals surface area (Å²) < 4.78 is 0. The number of aliphatic carboxylic acids is 1. The van der Waals surface area contributed by atoms with Crippen molar-refractivity contribution < 1.29 is 19.5 Å². The smallest absolute Gasteiger partial charge is 0.326 e. The number of rotatable bonds is 5. The molecule has 1 atom stereocenters. The van der Waals surface area contributed by atoms with Gasteiger partial charge in [-0.1, -0.05) is 20.8 Å². The Kier molecular flexibility index (Phi) is 4.32. The fourth-order valence-corrected chi connectivity index (χ4v) is 1.46. The van der Waals surface area contributed by atoms with Crippen LogP contribution in [-0.2, 0) is 14.4 Å². The van der Waals surface area contributed by atoms with Crippen molar-refractivity contribution in [3.63, 3.8) is 0 Å². The SMILES string of the molecule is CC(C)(C)C(=O)NCC(=O)NC(C(=O)O)C1CC1. The molecule has 1 unspecified atom stereocenters. The van der Waals surface area contributed by atoms with Crippen LogP contribution in [0.2, 0.25) is 0 Å². The largest absolute Gasteiger partial charge is 0.480 e. The fourth-order valence-electron chi connectivity index (χ4n) is 1.46. The molecule has 102 valence electrons. The van der Waals surface area contributed by atoms with E-state index in [0.717, 1.165) is 12.8 Å². The Balaban J connectivity index is 2.37. The fraction of sp³-hybridized carbons (Fsp3) is 0.750. The molecular formula is C12H20N2O4. The van der Waals surface area contributed by atoms with E-state index in [-0.39, 0.29) is 18.4 Å². The topological polar surface area (TPSA) is 95.5 Å². The van der Waals surface area contributed by atoms with E-state index >= 15 is 0 Å². The lowest BCUT2D eigenvalue weighted by atomic mass is 9.96. The van der Waals surface area contributed by atoms with Gasteiger partial charge in [0.05, 0.1) is 6.54 Å². The second-order valence-electron chi connectivity index (χ2n) is 5.65. The summed E-state index contributed by atoms with van der Waals surface area (Å²) in [7, 11) is 0. The van der Waals surface area contributed by atoms with Crippen LogP contribution in [0.3, 0.4) is 0 Å². The molecular weight excluding hydrogens is 236 g/mol. The van der Waals surface area contributed by atoms with Gasteiger partial charge >= 0.3 is 5.97 Å². The highest BCUT2D eigenvalue weighted by Gasteiger charge is 2.37. The second-order valence-corrected chi connectivity index (χ2v) is 5.65. The van der Waals surface area contributed by atoms with E-state index in [1.807, 2.05) is 0 Å². The van der Waals surface area contributed by atoms with E-state index in [9.17, 15) is 14.4 Å². The Morgan fingerprint density at radius 3 is 2.22 bits per heavy atom. The number of nitrogens with one attached hydrogen (secondary N) is 2. The molecule has 0 spiro atoms. The molecule has 1 fully saturated rings. The summed E-state index contributed by atoms with van der Waals surface area (Å²) in [4.78, 5) is 34.0. The van der Waals surface area contributed by atoms with Crippen molar-refractivity contribution in [3.8, 4) is 0 Å². The molecule has 1 saturated carbocycles. The summed E-state index contributed by atoms with van der Waals surface area (Å²) in [6.45, 7) is 5.03. The van der Waals surface area contributed by atoms with Gasteiger partial charge in [-0.15, -0.1) is 0 Å².